The molecule has 0 saturated heterocycles. The first-order valence-electron chi connectivity index (χ1n) is 6.25. The van der Waals surface area contributed by atoms with Gasteiger partial charge in [0.2, 0.25) is 11.6 Å². The molecule has 0 radical (unpaired) electrons. The van der Waals surface area contributed by atoms with E-state index < -0.39 is 41.2 Å². The molecule has 3 N–H and O–H groups in total. The maximum absolute atomic E-state index is 13.5. The van der Waals surface area contributed by atoms with Gasteiger partial charge in [-0.3, -0.25) is 0 Å². The Morgan fingerprint density at radius 3 is 2.33 bits per heavy atom. The van der Waals surface area contributed by atoms with Crippen molar-refractivity contribution in [3.05, 3.63) is 23.5 Å². The highest BCUT2D eigenvalue weighted by atomic mass is 19.2. The van der Waals surface area contributed by atoms with Gasteiger partial charge in [-0.2, -0.15) is 22.5 Å². The first kappa shape index (κ1) is 17.2. The third-order valence-electron chi connectivity index (χ3n) is 2.58. The van der Waals surface area contributed by atoms with Gasteiger partial charge in [0.15, 0.2) is 0 Å². The summed E-state index contributed by atoms with van der Waals surface area (Å²) >= 11 is 0. The molecule has 0 fully saturated rings. The van der Waals surface area contributed by atoms with Gasteiger partial charge in [0.25, 0.3) is 11.9 Å². The molecule has 0 aliphatic heterocycles. The Bertz CT molecular complexity index is 488. The summed E-state index contributed by atoms with van der Waals surface area (Å²) in [6.07, 6.45) is 0.426. The molecule has 1 atom stereocenters. The highest BCUT2D eigenvalue weighted by Gasteiger charge is 2.26. The van der Waals surface area contributed by atoms with Crippen molar-refractivity contribution in [2.75, 3.05) is 18.5 Å². The van der Waals surface area contributed by atoms with E-state index in [0.717, 1.165) is 0 Å². The number of anilines is 1. The number of rotatable bonds is 7. The van der Waals surface area contributed by atoms with E-state index in [-0.39, 0.29) is 19.6 Å². The number of hydrogen-bond acceptors (Lipinski definition) is 5. The lowest BCUT2D eigenvalue weighted by Gasteiger charge is -2.19. The summed E-state index contributed by atoms with van der Waals surface area (Å²) in [6, 6.07) is -1.18. The fourth-order valence-electron chi connectivity index (χ4n) is 1.60. The zero-order valence-corrected chi connectivity index (χ0v) is 11.3. The fourth-order valence-corrected chi connectivity index (χ4v) is 1.60. The minimum atomic E-state index is -1.81. The van der Waals surface area contributed by atoms with Gasteiger partial charge < -0.3 is 15.8 Å². The van der Waals surface area contributed by atoms with Crippen molar-refractivity contribution in [2.45, 2.75) is 25.8 Å². The molecule has 0 saturated carbocycles. The molecule has 0 aliphatic carbocycles. The number of esters is 1. The van der Waals surface area contributed by atoms with E-state index in [1.54, 1.807) is 6.92 Å². The van der Waals surface area contributed by atoms with E-state index in [1.165, 1.54) is 0 Å². The van der Waals surface area contributed by atoms with Crippen LogP contribution in [-0.4, -0.2) is 30.1 Å². The molecular formula is C12H15F4N3O2. The quantitative estimate of drug-likeness (QED) is 0.455. The molecule has 1 rings (SSSR count). The van der Waals surface area contributed by atoms with Crippen LogP contribution in [0.15, 0.2) is 0 Å². The summed E-state index contributed by atoms with van der Waals surface area (Å²) < 4.78 is 57.7. The highest BCUT2D eigenvalue weighted by molar-refractivity contribution is 5.79. The molecule has 1 aromatic heterocycles. The van der Waals surface area contributed by atoms with Gasteiger partial charge in [-0.15, -0.1) is 0 Å². The summed E-state index contributed by atoms with van der Waals surface area (Å²) in [4.78, 5) is 14.1. The Morgan fingerprint density at radius 2 is 1.86 bits per heavy atom. The van der Waals surface area contributed by atoms with E-state index in [9.17, 15) is 22.4 Å². The lowest BCUT2D eigenvalue weighted by Crippen LogP contribution is -2.33. The number of carbonyl (C=O) groups excluding carboxylic acids is 1. The van der Waals surface area contributed by atoms with Gasteiger partial charge in [-0.05, 0) is 26.3 Å². The van der Waals surface area contributed by atoms with Crippen LogP contribution < -0.4 is 11.1 Å². The molecule has 0 aliphatic rings. The molecule has 5 nitrogen and oxygen atoms in total. The smallest absolute Gasteiger partial charge is 0.328 e. The van der Waals surface area contributed by atoms with Crippen LogP contribution in [0.2, 0.25) is 0 Å². The minimum absolute atomic E-state index is 0.0453. The normalized spacial score (nSPS) is 12.1. The van der Waals surface area contributed by atoms with Gasteiger partial charge in [0.1, 0.15) is 11.7 Å². The second kappa shape index (κ2) is 7.77. The molecule has 0 spiro atoms. The lowest BCUT2D eigenvalue weighted by molar-refractivity contribution is -0.144. The van der Waals surface area contributed by atoms with Crippen LogP contribution in [0.5, 0.6) is 0 Å². The van der Waals surface area contributed by atoms with Gasteiger partial charge in [0, 0.05) is 0 Å². The molecule has 0 amide bonds. The Morgan fingerprint density at radius 1 is 1.29 bits per heavy atom. The van der Waals surface area contributed by atoms with Crippen molar-refractivity contribution >= 4 is 11.7 Å². The Kier molecular flexibility index (Phi) is 6.35. The lowest BCUT2D eigenvalue weighted by atomic mass is 10.1. The van der Waals surface area contributed by atoms with Gasteiger partial charge in [-0.25, -0.2) is 4.79 Å². The van der Waals surface area contributed by atoms with Crippen LogP contribution >= 0.6 is 0 Å². The zero-order chi connectivity index (χ0) is 16.0. The SMILES string of the molecule is CCOC(=O)C(CCCN)Nc1c(F)c(F)nc(F)c1F. The van der Waals surface area contributed by atoms with Crippen LogP contribution in [0.3, 0.4) is 0 Å². The Balaban J connectivity index is 3.05. The average molecular weight is 309 g/mol. The third-order valence-corrected chi connectivity index (χ3v) is 2.58. The molecule has 1 heterocycles. The Labute approximate surface area is 118 Å². The number of nitrogens with one attached hydrogen (secondary N) is 1. The zero-order valence-electron chi connectivity index (χ0n) is 11.3. The second-order valence-electron chi connectivity index (χ2n) is 4.08. The van der Waals surface area contributed by atoms with Crippen LogP contribution in [-0.2, 0) is 9.53 Å². The third kappa shape index (κ3) is 4.28. The van der Waals surface area contributed by atoms with E-state index in [2.05, 4.69) is 10.3 Å². The maximum Gasteiger partial charge on any atom is 0.328 e. The topological polar surface area (TPSA) is 77.2 Å². The first-order chi connectivity index (χ1) is 9.92. The molecule has 0 aromatic carbocycles. The van der Waals surface area contributed by atoms with Crippen molar-refractivity contribution in [2.24, 2.45) is 5.73 Å². The van der Waals surface area contributed by atoms with Crippen LogP contribution in [0.25, 0.3) is 0 Å². The van der Waals surface area contributed by atoms with E-state index in [4.69, 9.17) is 10.5 Å². The van der Waals surface area contributed by atoms with E-state index in [1.807, 2.05) is 0 Å². The molecule has 21 heavy (non-hydrogen) atoms. The van der Waals surface area contributed by atoms with E-state index >= 15 is 0 Å². The summed E-state index contributed by atoms with van der Waals surface area (Å²) in [5, 5.41) is 2.12. The number of carbonyl (C=O) groups is 1. The van der Waals surface area contributed by atoms with Crippen molar-refractivity contribution < 1.29 is 27.1 Å². The van der Waals surface area contributed by atoms with Crippen molar-refractivity contribution in [1.82, 2.24) is 4.98 Å². The predicted molar refractivity (Wildman–Crippen MR) is 66.4 cm³/mol. The van der Waals surface area contributed by atoms with Crippen molar-refractivity contribution in [3.8, 4) is 0 Å². The summed E-state index contributed by atoms with van der Waals surface area (Å²) in [5.74, 6) is -7.84. The fraction of sp³-hybridized carbons (Fsp3) is 0.500. The van der Waals surface area contributed by atoms with Gasteiger partial charge in [-0.1, -0.05) is 0 Å². The maximum atomic E-state index is 13.5. The summed E-state index contributed by atoms with van der Waals surface area (Å²) in [7, 11) is 0. The van der Waals surface area contributed by atoms with Gasteiger partial charge >= 0.3 is 5.97 Å². The molecule has 1 unspecified atom stereocenters. The number of nitrogens with two attached hydrogens (primary N) is 1. The largest absolute Gasteiger partial charge is 0.464 e. The van der Waals surface area contributed by atoms with Crippen LogP contribution in [0.4, 0.5) is 23.2 Å². The molecule has 118 valence electrons. The minimum Gasteiger partial charge on any atom is -0.464 e. The summed E-state index contributed by atoms with van der Waals surface area (Å²) in [5.41, 5.74) is 4.19. The number of pyridine rings is 1. The second-order valence-corrected chi connectivity index (χ2v) is 4.08. The number of aromatic nitrogens is 1. The van der Waals surface area contributed by atoms with Crippen LogP contribution in [0.1, 0.15) is 19.8 Å². The number of halogens is 4. The monoisotopic (exact) mass is 309 g/mol. The van der Waals surface area contributed by atoms with Crippen LogP contribution in [0, 0.1) is 23.5 Å². The summed E-state index contributed by atoms with van der Waals surface area (Å²) in [6.45, 7) is 1.82. The van der Waals surface area contributed by atoms with Gasteiger partial charge in [0.05, 0.1) is 6.61 Å². The predicted octanol–water partition coefficient (Wildman–Crippen LogP) is 1.72. The molecular weight excluding hydrogens is 294 g/mol. The van der Waals surface area contributed by atoms with E-state index in [0.29, 0.717) is 6.42 Å². The number of nitrogens with zero attached hydrogens (tertiary/aromatic N) is 1. The van der Waals surface area contributed by atoms with Crippen molar-refractivity contribution in [1.29, 1.82) is 0 Å². The molecule has 1 aromatic rings. The Hall–Kier alpha value is -1.90. The average Bonchev–Trinajstić information content (AvgIpc) is 2.44. The van der Waals surface area contributed by atoms with Crippen molar-refractivity contribution in [3.63, 3.8) is 0 Å². The first-order valence-corrected chi connectivity index (χ1v) is 6.25. The highest BCUT2D eigenvalue weighted by Crippen LogP contribution is 2.23. The molecule has 9 heteroatoms. The standard InChI is InChI=1S/C12H15F4N3O2/c1-2-21-12(20)6(4-3-5-17)18-9-7(13)10(15)19-11(16)8(9)14/h6H,2-5,17H2,1H3,(H,18,19). The molecule has 0 bridgehead atoms. The number of ether oxygens (including phenoxy) is 1. The number of hydrogen-bond donors (Lipinski definition) is 2.